The highest BCUT2D eigenvalue weighted by Gasteiger charge is 2.22. The second-order valence-electron chi connectivity index (χ2n) is 6.75. The van der Waals surface area contributed by atoms with Crippen LogP contribution in [0.25, 0.3) is 11.0 Å². The molecule has 9 heteroatoms. The highest BCUT2D eigenvalue weighted by Crippen LogP contribution is 2.13. The van der Waals surface area contributed by atoms with Gasteiger partial charge in [-0.1, -0.05) is 30.3 Å². The van der Waals surface area contributed by atoms with Crippen LogP contribution in [-0.4, -0.2) is 44.0 Å². The number of carbonyl (C=O) groups is 2. The zero-order valence-corrected chi connectivity index (χ0v) is 17.0. The highest BCUT2D eigenvalue weighted by atomic mass is 16.5. The highest BCUT2D eigenvalue weighted by molar-refractivity contribution is 5.98. The summed E-state index contributed by atoms with van der Waals surface area (Å²) in [5, 5.41) is 0.140. The number of pyridine rings is 1. The van der Waals surface area contributed by atoms with Crippen molar-refractivity contribution in [3.63, 3.8) is 0 Å². The molecule has 3 rings (SSSR count). The van der Waals surface area contributed by atoms with E-state index in [0.29, 0.717) is 0 Å². The van der Waals surface area contributed by atoms with Crippen molar-refractivity contribution < 1.29 is 14.3 Å². The molecule has 0 aliphatic heterocycles. The van der Waals surface area contributed by atoms with Crippen LogP contribution in [0.1, 0.15) is 22.8 Å². The molecule has 3 aromatic rings. The molecule has 0 aliphatic rings. The van der Waals surface area contributed by atoms with E-state index in [-0.39, 0.29) is 36.3 Å². The first-order valence-corrected chi connectivity index (χ1v) is 9.38. The zero-order valence-electron chi connectivity index (χ0n) is 17.0. The van der Waals surface area contributed by atoms with Gasteiger partial charge in [-0.05, 0) is 18.6 Å². The molecule has 0 fully saturated rings. The maximum Gasteiger partial charge on any atom is 0.332 e. The van der Waals surface area contributed by atoms with E-state index in [2.05, 4.69) is 4.98 Å². The van der Waals surface area contributed by atoms with Gasteiger partial charge in [0.2, 0.25) is 0 Å². The Hall–Kier alpha value is -3.75. The number of hydrogen-bond acceptors (Lipinski definition) is 6. The van der Waals surface area contributed by atoms with E-state index in [0.717, 1.165) is 10.1 Å². The van der Waals surface area contributed by atoms with Crippen molar-refractivity contribution in [2.45, 2.75) is 13.5 Å². The number of aromatic nitrogens is 3. The van der Waals surface area contributed by atoms with E-state index < -0.39 is 23.1 Å². The molecule has 0 bridgehead atoms. The van der Waals surface area contributed by atoms with Gasteiger partial charge in [0.05, 0.1) is 17.6 Å². The molecular formula is C21H22N4O5. The number of amides is 1. The first-order valence-electron chi connectivity index (χ1n) is 9.38. The van der Waals surface area contributed by atoms with E-state index in [1.54, 1.807) is 6.92 Å². The molecule has 0 aliphatic carbocycles. The van der Waals surface area contributed by atoms with Gasteiger partial charge in [-0.15, -0.1) is 0 Å². The van der Waals surface area contributed by atoms with Gasteiger partial charge in [-0.25, -0.2) is 9.78 Å². The lowest BCUT2D eigenvalue weighted by molar-refractivity contribution is -0.143. The fraction of sp³-hybridized carbons (Fsp3) is 0.286. The third-order valence-corrected chi connectivity index (χ3v) is 4.67. The first kappa shape index (κ1) is 21.0. The van der Waals surface area contributed by atoms with Crippen LogP contribution in [0.15, 0.2) is 52.2 Å². The number of hydrogen-bond donors (Lipinski definition) is 0. The summed E-state index contributed by atoms with van der Waals surface area (Å²) in [5.41, 5.74) is 0.0997. The van der Waals surface area contributed by atoms with Crippen LogP contribution in [0.2, 0.25) is 0 Å². The molecule has 30 heavy (non-hydrogen) atoms. The second-order valence-corrected chi connectivity index (χ2v) is 6.75. The van der Waals surface area contributed by atoms with Gasteiger partial charge in [-0.3, -0.25) is 23.5 Å². The van der Waals surface area contributed by atoms with Crippen LogP contribution < -0.4 is 11.2 Å². The molecule has 0 atom stereocenters. The van der Waals surface area contributed by atoms with Gasteiger partial charge < -0.3 is 9.64 Å². The number of benzene rings is 1. The van der Waals surface area contributed by atoms with Gasteiger partial charge in [0.15, 0.2) is 0 Å². The van der Waals surface area contributed by atoms with Crippen molar-refractivity contribution in [1.29, 1.82) is 0 Å². The van der Waals surface area contributed by atoms with Crippen molar-refractivity contribution in [2.24, 2.45) is 14.1 Å². The predicted octanol–water partition coefficient (Wildman–Crippen LogP) is 0.838. The Morgan fingerprint density at radius 3 is 2.47 bits per heavy atom. The zero-order chi connectivity index (χ0) is 21.8. The molecule has 156 valence electrons. The van der Waals surface area contributed by atoms with Gasteiger partial charge in [-0.2, -0.15) is 0 Å². The van der Waals surface area contributed by atoms with Crippen LogP contribution in [0.3, 0.4) is 0 Å². The van der Waals surface area contributed by atoms with Crippen molar-refractivity contribution >= 4 is 22.9 Å². The summed E-state index contributed by atoms with van der Waals surface area (Å²) in [6.45, 7) is 1.83. The predicted molar refractivity (Wildman–Crippen MR) is 110 cm³/mol. The SMILES string of the molecule is CCOC(=O)CN(Cc1ccccc1)C(=O)c1cnc2c(c1)c(=O)n(C)c(=O)n2C. The smallest absolute Gasteiger partial charge is 0.332 e. The third kappa shape index (κ3) is 4.14. The fourth-order valence-corrected chi connectivity index (χ4v) is 3.13. The third-order valence-electron chi connectivity index (χ3n) is 4.67. The summed E-state index contributed by atoms with van der Waals surface area (Å²) in [6.07, 6.45) is 1.30. The van der Waals surface area contributed by atoms with Crippen molar-refractivity contribution in [3.05, 3.63) is 74.6 Å². The minimum atomic E-state index is -0.546. The quantitative estimate of drug-likeness (QED) is 0.558. The number of fused-ring (bicyclic) bond motifs is 1. The minimum Gasteiger partial charge on any atom is -0.465 e. The summed E-state index contributed by atoms with van der Waals surface area (Å²) < 4.78 is 7.19. The maximum absolute atomic E-state index is 13.2. The Balaban J connectivity index is 2.02. The monoisotopic (exact) mass is 410 g/mol. The molecule has 2 aromatic heterocycles. The van der Waals surface area contributed by atoms with Crippen LogP contribution in [0.4, 0.5) is 0 Å². The lowest BCUT2D eigenvalue weighted by Gasteiger charge is -2.22. The average Bonchev–Trinajstić information content (AvgIpc) is 2.75. The summed E-state index contributed by atoms with van der Waals surface area (Å²) in [5.74, 6) is -1.01. The Kier molecular flexibility index (Phi) is 6.10. The van der Waals surface area contributed by atoms with E-state index in [1.807, 2.05) is 30.3 Å². The van der Waals surface area contributed by atoms with E-state index in [9.17, 15) is 19.2 Å². The lowest BCUT2D eigenvalue weighted by Crippen LogP contribution is -2.38. The largest absolute Gasteiger partial charge is 0.465 e. The first-order chi connectivity index (χ1) is 14.3. The van der Waals surface area contributed by atoms with Gasteiger partial charge in [0.25, 0.3) is 11.5 Å². The molecule has 0 radical (unpaired) electrons. The van der Waals surface area contributed by atoms with Crippen LogP contribution in [-0.2, 0) is 30.2 Å². The Labute approximate surface area is 172 Å². The van der Waals surface area contributed by atoms with Crippen molar-refractivity contribution in [2.75, 3.05) is 13.2 Å². The van der Waals surface area contributed by atoms with Crippen molar-refractivity contribution in [1.82, 2.24) is 19.0 Å². The molecule has 9 nitrogen and oxygen atoms in total. The number of ether oxygens (including phenoxy) is 1. The molecule has 1 aromatic carbocycles. The molecular weight excluding hydrogens is 388 g/mol. The number of esters is 1. The van der Waals surface area contributed by atoms with E-state index >= 15 is 0 Å². The lowest BCUT2D eigenvalue weighted by atomic mass is 10.1. The Bertz CT molecular complexity index is 1210. The summed E-state index contributed by atoms with van der Waals surface area (Å²) in [6, 6.07) is 10.6. The molecule has 0 unspecified atom stereocenters. The summed E-state index contributed by atoms with van der Waals surface area (Å²) >= 11 is 0. The molecule has 0 spiro atoms. The Morgan fingerprint density at radius 1 is 1.10 bits per heavy atom. The number of carbonyl (C=O) groups excluding carboxylic acids is 2. The maximum atomic E-state index is 13.2. The molecule has 0 saturated carbocycles. The topological polar surface area (TPSA) is 104 Å². The molecule has 0 N–H and O–H groups in total. The molecule has 1 amide bonds. The molecule has 0 saturated heterocycles. The van der Waals surface area contributed by atoms with E-state index in [4.69, 9.17) is 4.74 Å². The Morgan fingerprint density at radius 2 is 1.80 bits per heavy atom. The normalized spacial score (nSPS) is 10.8. The minimum absolute atomic E-state index is 0.137. The van der Waals surface area contributed by atoms with Crippen LogP contribution >= 0.6 is 0 Å². The van der Waals surface area contributed by atoms with Crippen molar-refractivity contribution in [3.8, 4) is 0 Å². The van der Waals surface area contributed by atoms with Crippen LogP contribution in [0.5, 0.6) is 0 Å². The van der Waals surface area contributed by atoms with Crippen LogP contribution in [0, 0.1) is 0 Å². The van der Waals surface area contributed by atoms with E-state index in [1.165, 1.54) is 35.8 Å². The fourth-order valence-electron chi connectivity index (χ4n) is 3.13. The van der Waals surface area contributed by atoms with Gasteiger partial charge >= 0.3 is 11.7 Å². The number of nitrogens with zero attached hydrogens (tertiary/aromatic N) is 4. The summed E-state index contributed by atoms with van der Waals surface area (Å²) in [4.78, 5) is 55.3. The number of aryl methyl sites for hydroxylation is 1. The molecule has 2 heterocycles. The standard InChI is InChI=1S/C21H22N4O5/c1-4-30-17(26)13-25(12-14-8-6-5-7-9-14)19(27)15-10-16-18(22-11-15)23(2)21(29)24(3)20(16)28/h5-11H,4,12-13H2,1-3H3. The van der Waals surface area contributed by atoms with Gasteiger partial charge in [0.1, 0.15) is 12.2 Å². The number of rotatable bonds is 6. The second kappa shape index (κ2) is 8.73. The summed E-state index contributed by atoms with van der Waals surface area (Å²) in [7, 11) is 2.86. The van der Waals surface area contributed by atoms with Gasteiger partial charge in [0, 0.05) is 26.8 Å². The average molecular weight is 410 g/mol.